The maximum absolute atomic E-state index is 7.03. The highest BCUT2D eigenvalue weighted by molar-refractivity contribution is 5.90. The average Bonchev–Trinajstić information content (AvgIpc) is 3.49. The van der Waals surface area contributed by atoms with E-state index in [0.717, 1.165) is 45.1 Å². The van der Waals surface area contributed by atoms with Gasteiger partial charge in [0.2, 0.25) is 0 Å². The highest BCUT2D eigenvalue weighted by Crippen LogP contribution is 2.63. The molecular formula is C46H33N3O-2. The van der Waals surface area contributed by atoms with Gasteiger partial charge in [-0.15, -0.1) is 12.6 Å². The molecule has 240 valence electrons. The van der Waals surface area contributed by atoms with Crippen LogP contribution in [0.2, 0.25) is 0 Å². The predicted octanol–water partition coefficient (Wildman–Crippen LogP) is 11.3. The summed E-state index contributed by atoms with van der Waals surface area (Å²) in [5.74, 6) is 1.76. The van der Waals surface area contributed by atoms with Crippen LogP contribution in [0.25, 0.3) is 32.9 Å². The molecule has 3 heterocycles. The van der Waals surface area contributed by atoms with Gasteiger partial charge in [-0.3, -0.25) is 0 Å². The van der Waals surface area contributed by atoms with Crippen LogP contribution in [0.5, 0.6) is 11.5 Å². The highest BCUT2D eigenvalue weighted by atomic mass is 16.5. The monoisotopic (exact) mass is 643 g/mol. The largest absolute Gasteiger partial charge is 0.682 e. The van der Waals surface area contributed by atoms with E-state index in [-0.39, 0.29) is 12.2 Å². The van der Waals surface area contributed by atoms with Crippen LogP contribution < -0.4 is 10.1 Å². The Balaban J connectivity index is 1.16. The summed E-state index contributed by atoms with van der Waals surface area (Å²) >= 11 is 0. The van der Waals surface area contributed by atoms with Crippen LogP contribution in [0.4, 0.5) is 0 Å². The first-order valence-electron chi connectivity index (χ1n) is 17.3. The van der Waals surface area contributed by atoms with Gasteiger partial charge in [0.25, 0.3) is 0 Å². The summed E-state index contributed by atoms with van der Waals surface area (Å²) in [5.41, 5.74) is 13.1. The first-order chi connectivity index (χ1) is 24.8. The molecule has 10 rings (SSSR count). The van der Waals surface area contributed by atoms with Gasteiger partial charge in [-0.25, -0.2) is 0 Å². The smallest absolute Gasteiger partial charge is 0.140 e. The number of para-hydroxylation sites is 2. The minimum Gasteiger partial charge on any atom is -0.682 e. The van der Waals surface area contributed by atoms with Crippen LogP contribution in [-0.2, 0) is 5.41 Å². The first-order valence-corrected chi connectivity index (χ1v) is 17.3. The Morgan fingerprint density at radius 2 is 1.22 bits per heavy atom. The summed E-state index contributed by atoms with van der Waals surface area (Å²) in [6.07, 6.45) is 8.09. The Hall–Kier alpha value is -6.10. The van der Waals surface area contributed by atoms with E-state index in [1.807, 2.05) is 0 Å². The van der Waals surface area contributed by atoms with E-state index in [4.69, 9.17) is 15.4 Å². The van der Waals surface area contributed by atoms with Crippen LogP contribution in [0.1, 0.15) is 45.6 Å². The summed E-state index contributed by atoms with van der Waals surface area (Å²) in [6.45, 7) is 0.659. The number of nitrogens with one attached hydrogen (secondary N) is 1. The van der Waals surface area contributed by atoms with E-state index in [1.165, 1.54) is 33.4 Å². The Bertz CT molecular complexity index is 2340. The molecule has 0 aromatic heterocycles. The molecule has 1 spiro atoms. The molecule has 2 atom stereocenters. The highest BCUT2D eigenvalue weighted by Gasteiger charge is 2.51. The summed E-state index contributed by atoms with van der Waals surface area (Å²) in [4.78, 5) is 0. The molecule has 4 aliphatic rings. The molecule has 3 aliphatic heterocycles. The van der Waals surface area contributed by atoms with E-state index in [2.05, 4.69) is 175 Å². The second-order valence-electron chi connectivity index (χ2n) is 13.2. The number of ether oxygens (including phenoxy) is 1. The lowest BCUT2D eigenvalue weighted by Gasteiger charge is -2.48. The van der Waals surface area contributed by atoms with Gasteiger partial charge < -0.3 is 20.7 Å². The zero-order valence-electron chi connectivity index (χ0n) is 27.3. The van der Waals surface area contributed by atoms with E-state index < -0.39 is 5.41 Å². The van der Waals surface area contributed by atoms with Crippen molar-refractivity contribution in [3.63, 3.8) is 0 Å². The van der Waals surface area contributed by atoms with Crippen molar-refractivity contribution in [2.75, 3.05) is 6.54 Å². The molecule has 0 amide bonds. The van der Waals surface area contributed by atoms with Crippen LogP contribution in [-0.4, -0.2) is 6.54 Å². The van der Waals surface area contributed by atoms with Crippen LogP contribution in [0.15, 0.2) is 181 Å². The fraction of sp³-hybridized carbons (Fsp3) is 0.0870. The molecule has 2 unspecified atom stereocenters. The molecule has 0 bridgehead atoms. The number of hydrogen-bond donors (Lipinski definition) is 1. The van der Waals surface area contributed by atoms with Crippen LogP contribution in [0.3, 0.4) is 0 Å². The third-order valence-electron chi connectivity index (χ3n) is 10.5. The van der Waals surface area contributed by atoms with E-state index in [1.54, 1.807) is 0 Å². The molecule has 50 heavy (non-hydrogen) atoms. The molecule has 0 saturated carbocycles. The van der Waals surface area contributed by atoms with Crippen molar-refractivity contribution >= 4 is 0 Å². The zero-order chi connectivity index (χ0) is 33.1. The number of hydrogen-bond acceptors (Lipinski definition) is 2. The Kier molecular flexibility index (Phi) is 6.64. The van der Waals surface area contributed by atoms with Gasteiger partial charge in [0.15, 0.2) is 0 Å². The zero-order valence-corrected chi connectivity index (χ0v) is 27.3. The minimum absolute atomic E-state index is 0.0358. The lowest BCUT2D eigenvalue weighted by Crippen LogP contribution is -2.32. The predicted molar refractivity (Wildman–Crippen MR) is 201 cm³/mol. The number of benzene rings is 6. The van der Waals surface area contributed by atoms with E-state index in [9.17, 15) is 0 Å². The Morgan fingerprint density at radius 3 is 1.98 bits per heavy atom. The average molecular weight is 644 g/mol. The van der Waals surface area contributed by atoms with Crippen molar-refractivity contribution < 1.29 is 4.74 Å². The number of rotatable bonds is 4. The fourth-order valence-corrected chi connectivity index (χ4v) is 8.42. The van der Waals surface area contributed by atoms with Gasteiger partial charge in [0.1, 0.15) is 11.5 Å². The molecule has 0 fully saturated rings. The quantitative estimate of drug-likeness (QED) is 0.207. The second kappa shape index (κ2) is 11.5. The Labute approximate surface area is 292 Å². The van der Waals surface area contributed by atoms with Gasteiger partial charge in [-0.05, 0) is 51.2 Å². The molecular weight excluding hydrogens is 611 g/mol. The maximum Gasteiger partial charge on any atom is 0.140 e. The second-order valence-corrected chi connectivity index (χ2v) is 13.2. The van der Waals surface area contributed by atoms with Gasteiger partial charge in [0.05, 0.1) is 5.41 Å². The lowest BCUT2D eigenvalue weighted by molar-refractivity contribution is 0.438. The molecule has 1 N–H and O–H groups in total. The molecule has 1 aliphatic carbocycles. The third kappa shape index (κ3) is 4.28. The molecule has 0 saturated heterocycles. The van der Waals surface area contributed by atoms with E-state index in [0.29, 0.717) is 6.54 Å². The molecule has 6 aromatic carbocycles. The number of fused-ring (bicyclic) bond motifs is 9. The minimum atomic E-state index is -0.521. The summed E-state index contributed by atoms with van der Waals surface area (Å²) in [7, 11) is 0. The van der Waals surface area contributed by atoms with Gasteiger partial charge in [0, 0.05) is 22.7 Å². The normalized spacial score (nSPS) is 19.0. The summed E-state index contributed by atoms with van der Waals surface area (Å²) in [5, 5.41) is 14.0. The maximum atomic E-state index is 7.03. The standard InChI is InChI=1S/C46H33N3O/c1-2-15-30(16-3-1)41-29-42(40-26-12-13-28-47-40)49-45(48-41)35-20-5-4-17-31(35)34-21-14-25-39-44(34)50-43-27-11-10-24-38(43)46(39)36-22-8-6-18-32(36)33-19-7-9-23-37(33)46/h1-27,29,41,45,48H,28H2/q-2. The van der Waals surface area contributed by atoms with Crippen LogP contribution >= 0.6 is 0 Å². The van der Waals surface area contributed by atoms with Crippen molar-refractivity contribution in [1.82, 2.24) is 5.32 Å². The first kappa shape index (κ1) is 28.9. The summed E-state index contributed by atoms with van der Waals surface area (Å²) in [6, 6.07) is 52.1. The topological polar surface area (TPSA) is 49.5 Å². The van der Waals surface area contributed by atoms with Gasteiger partial charge in [-0.2, -0.15) is 11.4 Å². The Morgan fingerprint density at radius 1 is 0.580 bits per heavy atom. The van der Waals surface area contributed by atoms with Crippen molar-refractivity contribution in [3.8, 4) is 33.8 Å². The van der Waals surface area contributed by atoms with Crippen molar-refractivity contribution in [1.29, 1.82) is 0 Å². The van der Waals surface area contributed by atoms with Crippen LogP contribution in [0, 0.1) is 0 Å². The molecule has 4 heteroatoms. The SMILES string of the molecule is C1=CC[N-]C(C2=CC(c3ccccc3)NC(c3ccccc3-c3cccc4c3Oc3ccccc3C43c4ccccc4-c4ccccc43)[N-]2)=C1. The van der Waals surface area contributed by atoms with Crippen molar-refractivity contribution in [2.24, 2.45) is 0 Å². The number of allylic oxidation sites excluding steroid dienone is 2. The molecule has 0 radical (unpaired) electrons. The number of nitrogens with zero attached hydrogens (tertiary/aromatic N) is 2. The van der Waals surface area contributed by atoms with E-state index >= 15 is 0 Å². The van der Waals surface area contributed by atoms with Crippen molar-refractivity contribution in [3.05, 3.63) is 225 Å². The van der Waals surface area contributed by atoms with Crippen molar-refractivity contribution in [2.45, 2.75) is 17.6 Å². The molecule has 4 nitrogen and oxygen atoms in total. The third-order valence-corrected chi connectivity index (χ3v) is 10.5. The fourth-order valence-electron chi connectivity index (χ4n) is 8.42. The summed E-state index contributed by atoms with van der Waals surface area (Å²) < 4.78 is 7.03. The van der Waals surface area contributed by atoms with Gasteiger partial charge in [-0.1, -0.05) is 158 Å². The molecule has 6 aromatic rings. The van der Waals surface area contributed by atoms with Gasteiger partial charge >= 0.3 is 0 Å². The lowest BCUT2D eigenvalue weighted by atomic mass is 9.65.